The summed E-state index contributed by atoms with van der Waals surface area (Å²) < 4.78 is 71.3. The van der Waals surface area contributed by atoms with E-state index in [0.29, 0.717) is 0 Å². The summed E-state index contributed by atoms with van der Waals surface area (Å²) in [6.45, 7) is 6.97. The number of carbonyl (C=O) groups excluding carboxylic acids is 3. The topological polar surface area (TPSA) is 164 Å². The number of methoxy groups -OCH3 is 1. The van der Waals surface area contributed by atoms with Crippen LogP contribution in [-0.4, -0.2) is 81.4 Å². The van der Waals surface area contributed by atoms with Crippen molar-refractivity contribution in [2.45, 2.75) is 63.8 Å². The largest absolute Gasteiger partial charge is 0.495 e. The van der Waals surface area contributed by atoms with Crippen LogP contribution in [0.25, 0.3) is 0 Å². The third kappa shape index (κ3) is 8.99. The smallest absolute Gasteiger partial charge is 0.412 e. The predicted molar refractivity (Wildman–Crippen MR) is 201 cm³/mol. The van der Waals surface area contributed by atoms with Gasteiger partial charge in [-0.25, -0.2) is 26.8 Å². The monoisotopic (exact) mass is 820 g/mol. The van der Waals surface area contributed by atoms with Gasteiger partial charge in [-0.3, -0.25) is 4.79 Å². The quantitative estimate of drug-likeness (QED) is 0.177. The Kier molecular flexibility index (Phi) is 12.4. The molecule has 5 rings (SSSR count). The van der Waals surface area contributed by atoms with Crippen molar-refractivity contribution in [2.75, 3.05) is 37.0 Å². The van der Waals surface area contributed by atoms with Gasteiger partial charge in [0.05, 0.1) is 47.0 Å². The van der Waals surface area contributed by atoms with Crippen molar-refractivity contribution >= 4 is 56.7 Å². The van der Waals surface area contributed by atoms with E-state index >= 15 is 8.78 Å². The molecule has 294 valence electrons. The van der Waals surface area contributed by atoms with Crippen LogP contribution < -0.4 is 15.4 Å². The summed E-state index contributed by atoms with van der Waals surface area (Å²) in [6.07, 6.45) is -1.92. The van der Waals surface area contributed by atoms with Gasteiger partial charge in [0.2, 0.25) is 12.2 Å². The molecule has 0 aromatic heterocycles. The van der Waals surface area contributed by atoms with Gasteiger partial charge in [-0.1, -0.05) is 62.2 Å². The first-order valence-corrected chi connectivity index (χ1v) is 19.8. The van der Waals surface area contributed by atoms with Gasteiger partial charge in [0.15, 0.2) is 9.84 Å². The first-order chi connectivity index (χ1) is 25.8. The molecule has 3 aromatic carbocycles. The molecule has 2 N–H and O–H groups in total. The van der Waals surface area contributed by atoms with Crippen LogP contribution in [0.3, 0.4) is 0 Å². The fraction of sp³-hybridized carbons (Fsp3) is 0.421. The molecular formula is C38H40Cl2F2N4O8S. The highest BCUT2D eigenvalue weighted by atomic mass is 35.5. The summed E-state index contributed by atoms with van der Waals surface area (Å²) in [5, 5.41) is 16.9. The van der Waals surface area contributed by atoms with E-state index in [4.69, 9.17) is 37.4 Å². The van der Waals surface area contributed by atoms with Crippen molar-refractivity contribution in [1.29, 1.82) is 5.26 Å². The van der Waals surface area contributed by atoms with Gasteiger partial charge in [-0.05, 0) is 53.8 Å². The lowest BCUT2D eigenvalue weighted by Crippen LogP contribution is -2.45. The molecule has 17 heteroatoms. The maximum atomic E-state index is 16.0. The van der Waals surface area contributed by atoms with Gasteiger partial charge < -0.3 is 29.7 Å². The Morgan fingerprint density at radius 1 is 1.07 bits per heavy atom. The summed E-state index contributed by atoms with van der Waals surface area (Å²) in [6, 6.07) is 12.1. The molecule has 2 heterocycles. The van der Waals surface area contributed by atoms with Crippen molar-refractivity contribution in [3.05, 3.63) is 93.0 Å². The van der Waals surface area contributed by atoms with Crippen LogP contribution in [0.15, 0.2) is 54.6 Å². The fourth-order valence-electron chi connectivity index (χ4n) is 7.04. The molecule has 12 nitrogen and oxygen atoms in total. The maximum absolute atomic E-state index is 16.0. The minimum absolute atomic E-state index is 0.0204. The van der Waals surface area contributed by atoms with Crippen molar-refractivity contribution in [1.82, 2.24) is 10.2 Å². The number of amides is 2. The van der Waals surface area contributed by atoms with Crippen LogP contribution in [0, 0.1) is 28.4 Å². The lowest BCUT2D eigenvalue weighted by atomic mass is 9.62. The average Bonchev–Trinajstić information content (AvgIpc) is 3.42. The van der Waals surface area contributed by atoms with Crippen LogP contribution in [0.4, 0.5) is 19.3 Å². The number of halogens is 4. The molecule has 0 bridgehead atoms. The van der Waals surface area contributed by atoms with Gasteiger partial charge in [-0.15, -0.1) is 0 Å². The Hall–Kier alpha value is -4.49. The molecule has 2 fully saturated rings. The lowest BCUT2D eigenvalue weighted by molar-refractivity contribution is -0.118. The Bertz CT molecular complexity index is 2130. The van der Waals surface area contributed by atoms with Gasteiger partial charge in [0.25, 0.3) is 0 Å². The van der Waals surface area contributed by atoms with E-state index in [1.54, 1.807) is 0 Å². The van der Waals surface area contributed by atoms with Crippen molar-refractivity contribution in [2.24, 2.45) is 5.41 Å². The summed E-state index contributed by atoms with van der Waals surface area (Å²) in [5.41, 5.74) is -2.41. The molecule has 0 spiro atoms. The van der Waals surface area contributed by atoms with Crippen LogP contribution in [-0.2, 0) is 29.5 Å². The van der Waals surface area contributed by atoms with E-state index in [1.165, 1.54) is 67.5 Å². The summed E-state index contributed by atoms with van der Waals surface area (Å²) in [5.74, 6) is -5.02. The van der Waals surface area contributed by atoms with E-state index in [9.17, 15) is 28.1 Å². The van der Waals surface area contributed by atoms with Crippen molar-refractivity contribution in [3.8, 4) is 11.8 Å². The molecule has 5 atom stereocenters. The number of nitrogens with one attached hydrogen (secondary N) is 2. The van der Waals surface area contributed by atoms with E-state index in [0.717, 1.165) is 6.07 Å². The van der Waals surface area contributed by atoms with Crippen molar-refractivity contribution < 1.29 is 45.8 Å². The molecule has 2 saturated heterocycles. The van der Waals surface area contributed by atoms with Crippen LogP contribution in [0.1, 0.15) is 61.5 Å². The molecule has 0 aliphatic carbocycles. The zero-order chi connectivity index (χ0) is 40.5. The number of anilines is 1. The highest BCUT2D eigenvalue weighted by Gasteiger charge is 2.61. The van der Waals surface area contributed by atoms with Gasteiger partial charge in [0.1, 0.15) is 22.8 Å². The zero-order valence-corrected chi connectivity index (χ0v) is 32.9. The Labute approximate surface area is 327 Å². The highest BCUT2D eigenvalue weighted by molar-refractivity contribution is 7.91. The summed E-state index contributed by atoms with van der Waals surface area (Å²) >= 11 is 12.3. The highest BCUT2D eigenvalue weighted by Crippen LogP contribution is 2.53. The van der Waals surface area contributed by atoms with Crippen LogP contribution >= 0.6 is 23.2 Å². The predicted octanol–water partition coefficient (Wildman–Crippen LogP) is 6.61. The summed E-state index contributed by atoms with van der Waals surface area (Å²) in [4.78, 5) is 41.1. The molecule has 0 radical (unpaired) electrons. The van der Waals surface area contributed by atoms with Crippen molar-refractivity contribution in [3.63, 3.8) is 0 Å². The number of hydrogen-bond donors (Lipinski definition) is 2. The molecule has 3 aromatic rings. The Morgan fingerprint density at radius 2 is 1.76 bits per heavy atom. The number of nitriles is 1. The number of rotatable bonds is 9. The molecule has 55 heavy (non-hydrogen) atoms. The van der Waals surface area contributed by atoms with Gasteiger partial charge in [0, 0.05) is 42.6 Å². The molecule has 2 aliphatic rings. The number of sulfone groups is 1. The second kappa shape index (κ2) is 16.3. The number of benzene rings is 3. The number of carbonyl (C=O) groups is 3. The minimum Gasteiger partial charge on any atom is -0.495 e. The summed E-state index contributed by atoms with van der Waals surface area (Å²) in [7, 11) is -1.94. The van der Waals surface area contributed by atoms with E-state index in [1.807, 2.05) is 20.8 Å². The minimum atomic E-state index is -3.23. The second-order valence-electron chi connectivity index (χ2n) is 14.6. The Morgan fingerprint density at radius 3 is 2.38 bits per heavy atom. The first-order valence-electron chi connectivity index (χ1n) is 17.2. The normalized spacial score (nSPS) is 22.6. The van der Waals surface area contributed by atoms with Gasteiger partial charge in [-0.2, -0.15) is 5.26 Å². The number of esters is 1. The first kappa shape index (κ1) is 41.7. The molecule has 2 amide bonds. The lowest BCUT2D eigenvalue weighted by Gasteiger charge is -2.37. The zero-order valence-electron chi connectivity index (χ0n) is 30.6. The van der Waals surface area contributed by atoms with E-state index in [2.05, 4.69) is 16.7 Å². The van der Waals surface area contributed by atoms with E-state index < -0.39 is 74.6 Å². The third-order valence-electron chi connectivity index (χ3n) is 9.57. The number of ether oxygens (including phenoxy) is 3. The standard InChI is InChI=1S/C38H40Cl2F2N4O8S/c1-21(54-36(49)46-13-15-55(50,51)16-14-46)53-35(48)22-9-12-28(29(17-22)52-5)44-34(47)33-31(24-7-6-8-26(40)32(24)42)38(20-43,30(45-33)19-37(2,3)4)25-11-10-23(39)18-27(25)41/h6-12,17-18,21,30-31,33,45H,13-16,19H2,1-5H3,(H,44,47)/t21?,30-,31-,33+,38-/m0/s1. The fourth-order valence-corrected chi connectivity index (χ4v) is 8.58. The number of hydrogen-bond acceptors (Lipinski definition) is 10. The number of nitrogens with zero attached hydrogens (tertiary/aromatic N) is 2. The van der Waals surface area contributed by atoms with E-state index in [-0.39, 0.29) is 69.2 Å². The van der Waals surface area contributed by atoms with Crippen LogP contribution in [0.2, 0.25) is 10.0 Å². The third-order valence-corrected chi connectivity index (χ3v) is 11.7. The van der Waals surface area contributed by atoms with Crippen LogP contribution in [0.5, 0.6) is 5.75 Å². The molecule has 0 saturated carbocycles. The second-order valence-corrected chi connectivity index (χ2v) is 17.7. The molecule has 1 unspecified atom stereocenters. The maximum Gasteiger partial charge on any atom is 0.412 e. The average molecular weight is 822 g/mol. The van der Waals surface area contributed by atoms with Gasteiger partial charge >= 0.3 is 12.1 Å². The SMILES string of the molecule is COc1cc(C(=O)OC(C)OC(=O)N2CCS(=O)(=O)CC2)ccc1NC(=O)[C@@H]1N[C@@H](CC(C)(C)C)[C@](C#N)(c2ccc(Cl)cc2F)[C@H]1c1cccc(Cl)c1F. The Balaban J connectivity index is 1.44. The molecule has 2 aliphatic heterocycles. The molecular weight excluding hydrogens is 781 g/mol.